The van der Waals surface area contributed by atoms with Crippen molar-refractivity contribution in [2.45, 2.75) is 62.1 Å². The summed E-state index contributed by atoms with van der Waals surface area (Å²) in [6.45, 7) is 8.14. The largest absolute Gasteiger partial charge is 0.461 e. The third kappa shape index (κ3) is 4.06. The van der Waals surface area contributed by atoms with Gasteiger partial charge < -0.3 is 14.5 Å². The monoisotopic (exact) mass is 582 g/mol. The van der Waals surface area contributed by atoms with Gasteiger partial charge in [0.25, 0.3) is 0 Å². The first-order valence-electron chi connectivity index (χ1n) is 15.2. The molecule has 0 bridgehead atoms. The summed E-state index contributed by atoms with van der Waals surface area (Å²) in [7, 11) is 0. The van der Waals surface area contributed by atoms with Crippen LogP contribution >= 0.6 is 11.6 Å². The topological polar surface area (TPSA) is 74.7 Å². The first kappa shape index (κ1) is 26.2. The lowest BCUT2D eigenvalue weighted by Crippen LogP contribution is -2.63. The number of hydrogen-bond acceptors (Lipinski definition) is 7. The van der Waals surface area contributed by atoms with Gasteiger partial charge in [-0.3, -0.25) is 14.7 Å². The number of allylic oxidation sites excluding steroid dienone is 1. The second kappa shape index (κ2) is 10.1. The average Bonchev–Trinajstić information content (AvgIpc) is 3.68. The predicted octanol–water partition coefficient (Wildman–Crippen LogP) is 5.01. The molecule has 8 nitrogen and oxygen atoms in total. The van der Waals surface area contributed by atoms with Gasteiger partial charge in [-0.05, 0) is 62.9 Å². The Morgan fingerprint density at radius 2 is 2.00 bits per heavy atom. The van der Waals surface area contributed by atoms with Gasteiger partial charge in [-0.1, -0.05) is 42.5 Å². The lowest BCUT2D eigenvalue weighted by Gasteiger charge is -2.48. The lowest BCUT2D eigenvalue weighted by atomic mass is 9.86. The Balaban J connectivity index is 1.14. The van der Waals surface area contributed by atoms with Crippen molar-refractivity contribution < 1.29 is 9.53 Å². The molecule has 0 spiro atoms. The fraction of sp³-hybridized carbons (Fsp3) is 0.455. The van der Waals surface area contributed by atoms with E-state index in [-0.39, 0.29) is 29.4 Å². The van der Waals surface area contributed by atoms with E-state index in [1.54, 1.807) is 0 Å². The highest BCUT2D eigenvalue weighted by atomic mass is 35.5. The molecule has 1 aliphatic carbocycles. The van der Waals surface area contributed by atoms with Gasteiger partial charge in [0.05, 0.1) is 23.3 Å². The number of anilines is 1. The van der Waals surface area contributed by atoms with Crippen LogP contribution in [0.15, 0.2) is 49.3 Å². The molecule has 0 N–H and O–H groups in total. The molecule has 4 saturated heterocycles. The highest BCUT2D eigenvalue weighted by Crippen LogP contribution is 2.43. The van der Waals surface area contributed by atoms with E-state index in [9.17, 15) is 4.79 Å². The van der Waals surface area contributed by atoms with Crippen molar-refractivity contribution in [2.75, 3.05) is 37.7 Å². The van der Waals surface area contributed by atoms with Gasteiger partial charge in [-0.2, -0.15) is 9.97 Å². The van der Waals surface area contributed by atoms with Gasteiger partial charge in [0, 0.05) is 59.2 Å². The molecule has 1 aromatic carbocycles. The van der Waals surface area contributed by atoms with Crippen LogP contribution in [0.4, 0.5) is 5.82 Å². The number of benzene rings is 1. The number of ether oxygens (including phenoxy) is 1. The highest BCUT2D eigenvalue weighted by Gasteiger charge is 2.50. The van der Waals surface area contributed by atoms with Gasteiger partial charge >= 0.3 is 6.01 Å². The van der Waals surface area contributed by atoms with Crippen LogP contribution in [-0.4, -0.2) is 81.1 Å². The second-order valence-electron chi connectivity index (χ2n) is 12.4. The van der Waals surface area contributed by atoms with Crippen LogP contribution < -0.4 is 9.64 Å². The van der Waals surface area contributed by atoms with E-state index >= 15 is 0 Å². The number of aromatic nitrogens is 3. The first-order chi connectivity index (χ1) is 20.5. The third-order valence-electron chi connectivity index (χ3n) is 10.4. The van der Waals surface area contributed by atoms with Crippen molar-refractivity contribution in [3.05, 3.63) is 71.2 Å². The van der Waals surface area contributed by atoms with Crippen LogP contribution in [-0.2, 0) is 11.2 Å². The minimum Gasteiger partial charge on any atom is -0.461 e. The molecule has 3 aromatic rings. The number of carbonyl (C=O) groups excluding carboxylic acids is 1. The van der Waals surface area contributed by atoms with Crippen LogP contribution in [0.5, 0.6) is 6.01 Å². The molecule has 2 aromatic heterocycles. The maximum atomic E-state index is 12.4. The van der Waals surface area contributed by atoms with Crippen molar-refractivity contribution in [1.29, 1.82) is 0 Å². The summed E-state index contributed by atoms with van der Waals surface area (Å²) in [6, 6.07) is 6.86. The van der Waals surface area contributed by atoms with Gasteiger partial charge in [0.2, 0.25) is 5.91 Å². The lowest BCUT2D eigenvalue weighted by molar-refractivity contribution is -0.127. The SMILES string of the molecule is C=CC(=O)N1CC[C@@H]2[C@H]1CN2c1nc(OCC23CCCN2CCC3)nc2c1C=CC(c1cncc3cccc(Cl)c13)C2. The average molecular weight is 583 g/mol. The zero-order valence-electron chi connectivity index (χ0n) is 23.7. The van der Waals surface area contributed by atoms with Crippen LogP contribution in [0.1, 0.15) is 54.8 Å². The summed E-state index contributed by atoms with van der Waals surface area (Å²) in [5.74, 6) is 1.01. The zero-order chi connectivity index (χ0) is 28.4. The molecule has 3 atom stereocenters. The standard InChI is InChI=1S/C33H35ClN6O2/c1-2-29(41)39-15-10-27-28(39)19-40(27)31-23-9-8-21(24-18-35-17-22-6-3-7-25(34)30(22)24)16-26(23)36-32(37-31)42-20-33-11-4-13-38(33)14-5-12-33/h2-3,6-9,17-18,21,27-28H,1,4-5,10-16,19-20H2/t21?,27-,28-/m1/s1. The van der Waals surface area contributed by atoms with Crippen LogP contribution in [0.3, 0.4) is 0 Å². The molecule has 0 saturated carbocycles. The van der Waals surface area contributed by atoms with Gasteiger partial charge in [0.1, 0.15) is 12.4 Å². The molecule has 42 heavy (non-hydrogen) atoms. The number of hydrogen-bond donors (Lipinski definition) is 0. The Labute approximate surface area is 251 Å². The van der Waals surface area contributed by atoms with Crippen molar-refractivity contribution in [2.24, 2.45) is 0 Å². The molecule has 1 amide bonds. The van der Waals surface area contributed by atoms with Crippen molar-refractivity contribution in [3.63, 3.8) is 0 Å². The van der Waals surface area contributed by atoms with Crippen LogP contribution in [0.25, 0.3) is 16.8 Å². The Bertz CT molecular complexity index is 1610. The number of fused-ring (bicyclic) bond motifs is 4. The molecule has 4 fully saturated rings. The molecule has 4 aliphatic heterocycles. The molecule has 5 aliphatic rings. The number of halogens is 1. The molecular weight excluding hydrogens is 548 g/mol. The predicted molar refractivity (Wildman–Crippen MR) is 164 cm³/mol. The smallest absolute Gasteiger partial charge is 0.318 e. The minimum absolute atomic E-state index is 0.0120. The van der Waals surface area contributed by atoms with Crippen molar-refractivity contribution in [1.82, 2.24) is 24.8 Å². The zero-order valence-corrected chi connectivity index (χ0v) is 24.5. The van der Waals surface area contributed by atoms with Gasteiger partial charge in [-0.15, -0.1) is 0 Å². The maximum absolute atomic E-state index is 12.4. The second-order valence-corrected chi connectivity index (χ2v) is 12.9. The molecule has 6 heterocycles. The van der Waals surface area contributed by atoms with Gasteiger partial charge in [-0.25, -0.2) is 0 Å². The Hall–Kier alpha value is -3.49. The Kier molecular flexibility index (Phi) is 6.26. The summed E-state index contributed by atoms with van der Waals surface area (Å²) < 4.78 is 6.51. The third-order valence-corrected chi connectivity index (χ3v) is 10.7. The number of nitrogens with zero attached hydrogens (tertiary/aromatic N) is 6. The summed E-state index contributed by atoms with van der Waals surface area (Å²) in [5.41, 5.74) is 3.25. The molecule has 8 rings (SSSR count). The molecule has 0 radical (unpaired) electrons. The van der Waals surface area contributed by atoms with Gasteiger partial charge in [0.15, 0.2) is 0 Å². The van der Waals surface area contributed by atoms with Crippen molar-refractivity contribution in [3.8, 4) is 6.01 Å². The van der Waals surface area contributed by atoms with Crippen LogP contribution in [0.2, 0.25) is 5.02 Å². The number of pyridine rings is 1. The number of likely N-dealkylation sites (tertiary alicyclic amines) is 1. The normalized spacial score (nSPS) is 25.7. The van der Waals surface area contributed by atoms with E-state index in [1.165, 1.54) is 31.8 Å². The fourth-order valence-electron chi connectivity index (χ4n) is 8.20. The summed E-state index contributed by atoms with van der Waals surface area (Å²) in [4.78, 5) is 34.0. The van der Waals surface area contributed by atoms with E-state index in [4.69, 9.17) is 26.3 Å². The van der Waals surface area contributed by atoms with E-state index in [1.807, 2.05) is 29.4 Å². The fourth-order valence-corrected chi connectivity index (χ4v) is 8.49. The van der Waals surface area contributed by atoms with Crippen molar-refractivity contribution >= 4 is 40.2 Å². The molecular formula is C33H35ClN6O2. The first-order valence-corrected chi connectivity index (χ1v) is 15.6. The van der Waals surface area contributed by atoms with E-state index in [2.05, 4.69) is 39.6 Å². The molecule has 9 heteroatoms. The van der Waals surface area contributed by atoms with E-state index in [0.717, 1.165) is 71.0 Å². The number of amides is 1. The molecule has 216 valence electrons. The van der Waals surface area contributed by atoms with E-state index in [0.29, 0.717) is 19.0 Å². The Morgan fingerprint density at radius 1 is 1.14 bits per heavy atom. The summed E-state index contributed by atoms with van der Waals surface area (Å²) in [6.07, 6.45) is 16.1. The number of carbonyl (C=O) groups is 1. The maximum Gasteiger partial charge on any atom is 0.318 e. The van der Waals surface area contributed by atoms with Crippen LogP contribution in [0, 0.1) is 0 Å². The number of rotatable bonds is 6. The van der Waals surface area contributed by atoms with E-state index < -0.39 is 0 Å². The molecule has 1 unspecified atom stereocenters. The summed E-state index contributed by atoms with van der Waals surface area (Å²) >= 11 is 6.70. The minimum atomic E-state index is 0.0120. The Morgan fingerprint density at radius 3 is 2.83 bits per heavy atom. The summed E-state index contributed by atoms with van der Waals surface area (Å²) in [5, 5.41) is 2.82. The highest BCUT2D eigenvalue weighted by molar-refractivity contribution is 6.35. The quantitative estimate of drug-likeness (QED) is 0.378.